The minimum atomic E-state index is -0.0381. The number of hydrogen-bond donors (Lipinski definition) is 1. The van der Waals surface area contributed by atoms with Crippen LogP contribution in [0.25, 0.3) is 0 Å². The molecule has 2 rings (SSSR count). The monoisotopic (exact) mass is 271 g/mol. The van der Waals surface area contributed by atoms with Crippen LogP contribution in [0.4, 0.5) is 0 Å². The molecule has 0 spiro atoms. The molecule has 0 amide bonds. The summed E-state index contributed by atoms with van der Waals surface area (Å²) in [6.07, 6.45) is 0. The van der Waals surface area contributed by atoms with Crippen molar-refractivity contribution >= 4 is 0 Å². The Morgan fingerprint density at radius 3 is 2.50 bits per heavy atom. The standard InChI is InChI=1S/C17H21NO2/c1-12-10-14(8-9-16(12)19-3)11-20-17-7-5-4-6-15(17)13(2)18/h4-10,13H,11,18H2,1-3H3. The SMILES string of the molecule is COc1ccc(COc2ccccc2C(C)N)cc1C. The molecule has 3 nitrogen and oxygen atoms in total. The molecule has 0 saturated heterocycles. The molecule has 1 atom stereocenters. The van der Waals surface area contributed by atoms with Crippen LogP contribution in [0.2, 0.25) is 0 Å². The minimum Gasteiger partial charge on any atom is -0.496 e. The summed E-state index contributed by atoms with van der Waals surface area (Å²) in [5.41, 5.74) is 9.19. The number of nitrogens with two attached hydrogens (primary N) is 1. The van der Waals surface area contributed by atoms with Gasteiger partial charge in [0.1, 0.15) is 18.1 Å². The van der Waals surface area contributed by atoms with Crippen molar-refractivity contribution in [3.8, 4) is 11.5 Å². The first-order valence-electron chi connectivity index (χ1n) is 6.72. The van der Waals surface area contributed by atoms with Crippen LogP contribution in [0, 0.1) is 6.92 Å². The van der Waals surface area contributed by atoms with Crippen LogP contribution >= 0.6 is 0 Å². The fraction of sp³-hybridized carbons (Fsp3) is 0.294. The lowest BCUT2D eigenvalue weighted by Crippen LogP contribution is -2.08. The van der Waals surface area contributed by atoms with Gasteiger partial charge in [-0.05, 0) is 43.2 Å². The van der Waals surface area contributed by atoms with Crippen molar-refractivity contribution in [1.29, 1.82) is 0 Å². The lowest BCUT2D eigenvalue weighted by Gasteiger charge is -2.14. The normalized spacial score (nSPS) is 12.0. The molecule has 0 aliphatic carbocycles. The van der Waals surface area contributed by atoms with E-state index in [2.05, 4.69) is 6.07 Å². The summed E-state index contributed by atoms with van der Waals surface area (Å²) >= 11 is 0. The maximum Gasteiger partial charge on any atom is 0.124 e. The van der Waals surface area contributed by atoms with E-state index in [1.807, 2.05) is 50.2 Å². The molecule has 0 aromatic heterocycles. The molecular formula is C17H21NO2. The van der Waals surface area contributed by atoms with E-state index in [0.29, 0.717) is 6.61 Å². The highest BCUT2D eigenvalue weighted by Gasteiger charge is 2.07. The maximum absolute atomic E-state index is 5.95. The van der Waals surface area contributed by atoms with Crippen molar-refractivity contribution in [3.05, 3.63) is 59.2 Å². The van der Waals surface area contributed by atoms with Crippen molar-refractivity contribution in [2.45, 2.75) is 26.5 Å². The van der Waals surface area contributed by atoms with E-state index in [1.165, 1.54) is 0 Å². The molecule has 0 fully saturated rings. The average molecular weight is 271 g/mol. The third-order valence-corrected chi connectivity index (χ3v) is 3.26. The zero-order chi connectivity index (χ0) is 14.5. The van der Waals surface area contributed by atoms with Crippen LogP contribution < -0.4 is 15.2 Å². The Hall–Kier alpha value is -2.00. The van der Waals surface area contributed by atoms with Gasteiger partial charge < -0.3 is 15.2 Å². The lowest BCUT2D eigenvalue weighted by atomic mass is 10.1. The first kappa shape index (κ1) is 14.4. The summed E-state index contributed by atoms with van der Waals surface area (Å²) in [7, 11) is 1.68. The van der Waals surface area contributed by atoms with Gasteiger partial charge in [0.25, 0.3) is 0 Å². The second-order valence-electron chi connectivity index (χ2n) is 4.92. The van der Waals surface area contributed by atoms with Gasteiger partial charge in [0.2, 0.25) is 0 Å². The summed E-state index contributed by atoms with van der Waals surface area (Å²) < 4.78 is 11.1. The van der Waals surface area contributed by atoms with Crippen LogP contribution in [0.1, 0.15) is 29.7 Å². The van der Waals surface area contributed by atoms with E-state index in [0.717, 1.165) is 28.2 Å². The van der Waals surface area contributed by atoms with Crippen LogP contribution in [0.15, 0.2) is 42.5 Å². The molecule has 1 unspecified atom stereocenters. The first-order valence-corrected chi connectivity index (χ1v) is 6.72. The van der Waals surface area contributed by atoms with Gasteiger partial charge in [0.15, 0.2) is 0 Å². The lowest BCUT2D eigenvalue weighted by molar-refractivity contribution is 0.301. The van der Waals surface area contributed by atoms with Crippen LogP contribution in [-0.4, -0.2) is 7.11 Å². The maximum atomic E-state index is 5.95. The number of ether oxygens (including phenoxy) is 2. The smallest absolute Gasteiger partial charge is 0.124 e. The number of benzene rings is 2. The predicted molar refractivity (Wildman–Crippen MR) is 81.1 cm³/mol. The van der Waals surface area contributed by atoms with Crippen molar-refractivity contribution < 1.29 is 9.47 Å². The molecule has 0 saturated carbocycles. The van der Waals surface area contributed by atoms with Gasteiger partial charge in [-0.25, -0.2) is 0 Å². The summed E-state index contributed by atoms with van der Waals surface area (Å²) in [5.74, 6) is 1.74. The van der Waals surface area contributed by atoms with E-state index in [9.17, 15) is 0 Å². The van der Waals surface area contributed by atoms with Crippen molar-refractivity contribution in [2.24, 2.45) is 5.73 Å². The fourth-order valence-corrected chi connectivity index (χ4v) is 2.18. The number of methoxy groups -OCH3 is 1. The third-order valence-electron chi connectivity index (χ3n) is 3.26. The van der Waals surface area contributed by atoms with E-state index in [4.69, 9.17) is 15.2 Å². The van der Waals surface area contributed by atoms with Crippen molar-refractivity contribution in [1.82, 2.24) is 0 Å². The predicted octanol–water partition coefficient (Wildman–Crippen LogP) is 3.60. The highest BCUT2D eigenvalue weighted by Crippen LogP contribution is 2.25. The quantitative estimate of drug-likeness (QED) is 0.903. The van der Waals surface area contributed by atoms with Crippen LogP contribution in [-0.2, 0) is 6.61 Å². The fourth-order valence-electron chi connectivity index (χ4n) is 2.18. The molecule has 0 heterocycles. The van der Waals surface area contributed by atoms with Gasteiger partial charge in [0, 0.05) is 11.6 Å². The Morgan fingerprint density at radius 2 is 1.85 bits per heavy atom. The van der Waals surface area contributed by atoms with Crippen LogP contribution in [0.5, 0.6) is 11.5 Å². The largest absolute Gasteiger partial charge is 0.496 e. The van der Waals surface area contributed by atoms with Crippen molar-refractivity contribution in [3.63, 3.8) is 0 Å². The summed E-state index contributed by atoms with van der Waals surface area (Å²) in [5, 5.41) is 0. The van der Waals surface area contributed by atoms with Gasteiger partial charge in [-0.3, -0.25) is 0 Å². The van der Waals surface area contributed by atoms with E-state index in [-0.39, 0.29) is 6.04 Å². The highest BCUT2D eigenvalue weighted by molar-refractivity contribution is 5.38. The summed E-state index contributed by atoms with van der Waals surface area (Å²) in [4.78, 5) is 0. The zero-order valence-corrected chi connectivity index (χ0v) is 12.2. The molecule has 0 aliphatic rings. The number of para-hydroxylation sites is 1. The van der Waals surface area contributed by atoms with Gasteiger partial charge in [0.05, 0.1) is 7.11 Å². The molecule has 0 radical (unpaired) electrons. The second-order valence-corrected chi connectivity index (χ2v) is 4.92. The molecule has 2 aromatic rings. The van der Waals surface area contributed by atoms with Gasteiger partial charge in [-0.2, -0.15) is 0 Å². The summed E-state index contributed by atoms with van der Waals surface area (Å²) in [6, 6.07) is 13.9. The number of hydrogen-bond acceptors (Lipinski definition) is 3. The van der Waals surface area contributed by atoms with E-state index in [1.54, 1.807) is 7.11 Å². The van der Waals surface area contributed by atoms with E-state index < -0.39 is 0 Å². The Morgan fingerprint density at radius 1 is 1.10 bits per heavy atom. The third kappa shape index (κ3) is 3.31. The molecule has 0 bridgehead atoms. The molecule has 2 N–H and O–H groups in total. The number of aryl methyl sites for hydroxylation is 1. The molecule has 20 heavy (non-hydrogen) atoms. The van der Waals surface area contributed by atoms with Gasteiger partial charge >= 0.3 is 0 Å². The molecular weight excluding hydrogens is 250 g/mol. The average Bonchev–Trinajstić information content (AvgIpc) is 2.45. The van der Waals surface area contributed by atoms with Gasteiger partial charge in [-0.1, -0.05) is 24.3 Å². The molecule has 106 valence electrons. The first-order chi connectivity index (χ1) is 9.61. The second kappa shape index (κ2) is 6.44. The number of rotatable bonds is 5. The van der Waals surface area contributed by atoms with E-state index >= 15 is 0 Å². The Kier molecular flexibility index (Phi) is 4.64. The van der Waals surface area contributed by atoms with Crippen molar-refractivity contribution in [2.75, 3.05) is 7.11 Å². The zero-order valence-electron chi connectivity index (χ0n) is 12.2. The van der Waals surface area contributed by atoms with Gasteiger partial charge in [-0.15, -0.1) is 0 Å². The molecule has 0 aliphatic heterocycles. The van der Waals surface area contributed by atoms with Crippen LogP contribution in [0.3, 0.4) is 0 Å². The Balaban J connectivity index is 2.11. The Labute approximate surface area is 120 Å². The molecule has 2 aromatic carbocycles. The molecule has 3 heteroatoms. The minimum absolute atomic E-state index is 0.0381. The highest BCUT2D eigenvalue weighted by atomic mass is 16.5. The Bertz CT molecular complexity index is 579. The summed E-state index contributed by atoms with van der Waals surface area (Å²) in [6.45, 7) is 4.51. The topological polar surface area (TPSA) is 44.5 Å².